The van der Waals surface area contributed by atoms with Gasteiger partial charge >= 0.3 is 0 Å². The first-order valence-electron chi connectivity index (χ1n) is 10.4. The second-order valence-corrected chi connectivity index (χ2v) is 9.12. The van der Waals surface area contributed by atoms with Crippen LogP contribution >= 0.6 is 23.5 Å². The van der Waals surface area contributed by atoms with Crippen LogP contribution in [0.3, 0.4) is 0 Å². The highest BCUT2D eigenvalue weighted by atomic mass is 32.2. The lowest BCUT2D eigenvalue weighted by molar-refractivity contribution is 0.101. The Bertz CT molecular complexity index is 1310. The molecule has 0 spiro atoms. The van der Waals surface area contributed by atoms with E-state index >= 15 is 0 Å². The highest BCUT2D eigenvalue weighted by Crippen LogP contribution is 2.29. The van der Waals surface area contributed by atoms with E-state index in [1.165, 1.54) is 23.5 Å². The number of hydrogen-bond acceptors (Lipinski definition) is 8. The lowest BCUT2D eigenvalue weighted by atomic mass is 10.1. The molecule has 3 aromatic carbocycles. The van der Waals surface area contributed by atoms with Crippen LogP contribution < -0.4 is 9.47 Å². The first-order valence-corrected chi connectivity index (χ1v) is 12.4. The quantitative estimate of drug-likeness (QED) is 0.123. The number of thioether (sulfide) groups is 2. The molecule has 0 amide bonds. The maximum atomic E-state index is 12.7. The van der Waals surface area contributed by atoms with E-state index in [-0.39, 0.29) is 23.1 Å². The number of para-hydroxylation sites is 1. The minimum Gasteiger partial charge on any atom is -0.497 e. The average Bonchev–Trinajstić information content (AvgIpc) is 2.90. The van der Waals surface area contributed by atoms with Crippen LogP contribution in [0.5, 0.6) is 11.5 Å². The van der Waals surface area contributed by atoms with Gasteiger partial charge in [0.25, 0.3) is 0 Å². The molecule has 4 rings (SSSR count). The van der Waals surface area contributed by atoms with Gasteiger partial charge in [0, 0.05) is 16.5 Å². The van der Waals surface area contributed by atoms with Crippen molar-refractivity contribution >= 4 is 46.0 Å². The molecule has 172 valence electrons. The average molecular weight is 491 g/mol. The van der Waals surface area contributed by atoms with Gasteiger partial charge < -0.3 is 9.47 Å². The molecule has 0 radical (unpaired) electrons. The number of carbonyl (C=O) groups is 2. The molecule has 0 aliphatic rings. The van der Waals surface area contributed by atoms with Crippen LogP contribution in [0.4, 0.5) is 0 Å². The van der Waals surface area contributed by atoms with Gasteiger partial charge in [-0.2, -0.15) is 0 Å². The van der Waals surface area contributed by atoms with Gasteiger partial charge in [0.2, 0.25) is 0 Å². The van der Waals surface area contributed by atoms with Crippen molar-refractivity contribution < 1.29 is 19.1 Å². The van der Waals surface area contributed by atoms with E-state index in [4.69, 9.17) is 9.47 Å². The summed E-state index contributed by atoms with van der Waals surface area (Å²) in [5, 5.41) is 2.09. The third kappa shape index (κ3) is 5.76. The van der Waals surface area contributed by atoms with Crippen LogP contribution in [0.15, 0.2) is 83.0 Å². The van der Waals surface area contributed by atoms with Crippen molar-refractivity contribution in [1.29, 1.82) is 0 Å². The van der Waals surface area contributed by atoms with Gasteiger partial charge in [0.05, 0.1) is 31.2 Å². The fraction of sp³-hybridized carbons (Fsp3) is 0.154. The van der Waals surface area contributed by atoms with Crippen LogP contribution in [0.25, 0.3) is 10.9 Å². The number of aromatic nitrogens is 2. The van der Waals surface area contributed by atoms with Crippen molar-refractivity contribution in [2.45, 2.75) is 10.2 Å². The summed E-state index contributed by atoms with van der Waals surface area (Å²) in [5.74, 6) is 1.83. The normalized spacial score (nSPS) is 10.8. The molecular formula is C26H22N2O4S2. The van der Waals surface area contributed by atoms with Crippen LogP contribution in [-0.4, -0.2) is 47.3 Å². The van der Waals surface area contributed by atoms with Crippen molar-refractivity contribution in [3.05, 3.63) is 83.9 Å². The lowest BCUT2D eigenvalue weighted by Gasteiger charge is -2.08. The molecule has 0 fully saturated rings. The van der Waals surface area contributed by atoms with Gasteiger partial charge in [-0.25, -0.2) is 9.97 Å². The van der Waals surface area contributed by atoms with E-state index in [9.17, 15) is 9.59 Å². The molecule has 0 unspecified atom stereocenters. The first-order chi connectivity index (χ1) is 16.6. The molecule has 4 aromatic rings. The molecule has 6 nitrogen and oxygen atoms in total. The molecule has 8 heteroatoms. The van der Waals surface area contributed by atoms with Crippen molar-refractivity contribution in [3.63, 3.8) is 0 Å². The van der Waals surface area contributed by atoms with Gasteiger partial charge in [0.15, 0.2) is 16.7 Å². The Balaban J connectivity index is 1.48. The first kappa shape index (κ1) is 23.8. The summed E-state index contributed by atoms with van der Waals surface area (Å²) in [6.45, 7) is 0. The van der Waals surface area contributed by atoms with E-state index in [0.29, 0.717) is 32.8 Å². The van der Waals surface area contributed by atoms with Gasteiger partial charge in [-0.15, -0.1) is 0 Å². The van der Waals surface area contributed by atoms with E-state index in [0.717, 1.165) is 10.9 Å². The number of fused-ring (bicyclic) bond motifs is 1. The predicted octanol–water partition coefficient (Wildman–Crippen LogP) is 5.60. The molecule has 34 heavy (non-hydrogen) atoms. The number of benzene rings is 3. The largest absolute Gasteiger partial charge is 0.497 e. The second-order valence-electron chi connectivity index (χ2n) is 7.21. The molecule has 0 aliphatic carbocycles. The van der Waals surface area contributed by atoms with Crippen LogP contribution in [-0.2, 0) is 0 Å². The fourth-order valence-electron chi connectivity index (χ4n) is 3.19. The SMILES string of the molecule is COc1ccc(C(=O)CSc2nc(SCC(=O)c3ccc(OC)cc3)c3ccccc3n2)cc1. The standard InChI is InChI=1S/C26H22N2O4S2/c1-31-19-11-7-17(8-12-19)23(29)15-33-25-21-5-3-4-6-22(21)27-26(28-25)34-16-24(30)18-9-13-20(32-2)14-10-18/h3-14H,15-16H2,1-2H3. The maximum Gasteiger partial charge on any atom is 0.189 e. The predicted molar refractivity (Wildman–Crippen MR) is 136 cm³/mol. The third-order valence-corrected chi connectivity index (χ3v) is 6.88. The molecular weight excluding hydrogens is 468 g/mol. The van der Waals surface area contributed by atoms with E-state index in [1.54, 1.807) is 62.8 Å². The van der Waals surface area contributed by atoms with Crippen molar-refractivity contribution in [1.82, 2.24) is 9.97 Å². The Labute approximate surface area is 206 Å². The molecule has 0 aliphatic heterocycles. The summed E-state index contributed by atoms with van der Waals surface area (Å²) in [6.07, 6.45) is 0. The Morgan fingerprint density at radius 2 is 1.24 bits per heavy atom. The molecule has 0 N–H and O–H groups in total. The lowest BCUT2D eigenvalue weighted by Crippen LogP contribution is -2.05. The molecule has 1 aromatic heterocycles. The number of carbonyl (C=O) groups excluding carboxylic acids is 2. The minimum absolute atomic E-state index is 0.000710. The summed E-state index contributed by atoms with van der Waals surface area (Å²) in [6, 6.07) is 21.7. The highest BCUT2D eigenvalue weighted by Gasteiger charge is 2.14. The van der Waals surface area contributed by atoms with Gasteiger partial charge in [0.1, 0.15) is 16.5 Å². The third-order valence-electron chi connectivity index (χ3n) is 5.04. The summed E-state index contributed by atoms with van der Waals surface area (Å²) in [4.78, 5) is 34.6. The van der Waals surface area contributed by atoms with Crippen LogP contribution in [0, 0.1) is 0 Å². The Morgan fingerprint density at radius 1 is 0.706 bits per heavy atom. The minimum atomic E-state index is -0.0201. The number of nitrogens with zero attached hydrogens (tertiary/aromatic N) is 2. The molecule has 0 bridgehead atoms. The van der Waals surface area contributed by atoms with Crippen molar-refractivity contribution in [2.24, 2.45) is 0 Å². The van der Waals surface area contributed by atoms with Gasteiger partial charge in [-0.05, 0) is 54.6 Å². The van der Waals surface area contributed by atoms with Gasteiger partial charge in [-0.3, -0.25) is 9.59 Å². The summed E-state index contributed by atoms with van der Waals surface area (Å²) in [7, 11) is 3.18. The maximum absolute atomic E-state index is 12.7. The number of ether oxygens (including phenoxy) is 2. The number of rotatable bonds is 10. The van der Waals surface area contributed by atoms with Crippen LogP contribution in [0.2, 0.25) is 0 Å². The van der Waals surface area contributed by atoms with Gasteiger partial charge in [-0.1, -0.05) is 41.7 Å². The Hall–Kier alpha value is -3.36. The number of Topliss-reactive ketones (excluding diaryl/α,β-unsaturated/α-hetero) is 2. The molecule has 0 saturated heterocycles. The number of ketones is 2. The number of hydrogen-bond donors (Lipinski definition) is 0. The van der Waals surface area contributed by atoms with Crippen molar-refractivity contribution in [3.8, 4) is 11.5 Å². The molecule has 0 saturated carbocycles. The smallest absolute Gasteiger partial charge is 0.189 e. The molecule has 1 heterocycles. The summed E-state index contributed by atoms with van der Waals surface area (Å²) < 4.78 is 10.3. The monoisotopic (exact) mass is 490 g/mol. The zero-order chi connectivity index (χ0) is 23.9. The number of methoxy groups -OCH3 is 2. The van der Waals surface area contributed by atoms with Crippen LogP contribution in [0.1, 0.15) is 20.7 Å². The van der Waals surface area contributed by atoms with Crippen molar-refractivity contribution in [2.75, 3.05) is 25.7 Å². The fourth-order valence-corrected chi connectivity index (χ4v) is 4.90. The topological polar surface area (TPSA) is 78.4 Å². The molecule has 0 atom stereocenters. The van der Waals surface area contributed by atoms with E-state index < -0.39 is 0 Å². The highest BCUT2D eigenvalue weighted by molar-refractivity contribution is 8.00. The van der Waals surface area contributed by atoms with E-state index in [2.05, 4.69) is 9.97 Å². The summed E-state index contributed by atoms with van der Waals surface area (Å²) in [5.41, 5.74) is 2.00. The Kier molecular flexibility index (Phi) is 7.82. The van der Waals surface area contributed by atoms with E-state index in [1.807, 2.05) is 24.3 Å². The second kappa shape index (κ2) is 11.2. The Morgan fingerprint density at radius 3 is 1.79 bits per heavy atom. The summed E-state index contributed by atoms with van der Waals surface area (Å²) >= 11 is 2.65. The zero-order valence-corrected chi connectivity index (χ0v) is 20.3. The zero-order valence-electron chi connectivity index (χ0n) is 18.7.